The van der Waals surface area contributed by atoms with Gasteiger partial charge in [0.1, 0.15) is 17.2 Å². The number of hydrogen-bond donors (Lipinski definition) is 2. The van der Waals surface area contributed by atoms with Crippen LogP contribution in [0.2, 0.25) is 0 Å². The molecule has 3 rings (SSSR count). The van der Waals surface area contributed by atoms with Gasteiger partial charge in [-0.25, -0.2) is 4.79 Å². The highest BCUT2D eigenvalue weighted by molar-refractivity contribution is 5.90. The SMILES string of the molecule is CN(C(=O)O)c1cc(Oc2ccc3c(c2)OCC3)ccc1N. The first-order valence-corrected chi connectivity index (χ1v) is 6.84. The van der Waals surface area contributed by atoms with Crippen LogP contribution in [-0.2, 0) is 6.42 Å². The average molecular weight is 300 g/mol. The number of carboxylic acid groups (broad SMARTS) is 1. The minimum absolute atomic E-state index is 0.370. The highest BCUT2D eigenvalue weighted by Crippen LogP contribution is 2.34. The molecular formula is C16H16N2O4. The van der Waals surface area contributed by atoms with Crippen molar-refractivity contribution >= 4 is 17.5 Å². The van der Waals surface area contributed by atoms with E-state index in [2.05, 4.69) is 0 Å². The molecule has 1 heterocycles. The molecule has 0 unspecified atom stereocenters. The summed E-state index contributed by atoms with van der Waals surface area (Å²) >= 11 is 0. The van der Waals surface area contributed by atoms with Crippen LogP contribution in [0.3, 0.4) is 0 Å². The molecule has 0 radical (unpaired) electrons. The summed E-state index contributed by atoms with van der Waals surface area (Å²) in [6.07, 6.45) is -0.180. The van der Waals surface area contributed by atoms with E-state index in [1.807, 2.05) is 18.2 Å². The molecule has 6 nitrogen and oxygen atoms in total. The predicted molar refractivity (Wildman–Crippen MR) is 83.0 cm³/mol. The quantitative estimate of drug-likeness (QED) is 0.851. The summed E-state index contributed by atoms with van der Waals surface area (Å²) in [4.78, 5) is 12.1. The molecular weight excluding hydrogens is 284 g/mol. The third kappa shape index (κ3) is 2.63. The average Bonchev–Trinajstić information content (AvgIpc) is 2.96. The van der Waals surface area contributed by atoms with Crippen LogP contribution in [-0.4, -0.2) is 24.9 Å². The Morgan fingerprint density at radius 3 is 2.77 bits per heavy atom. The number of nitrogens with two attached hydrogens (primary N) is 1. The maximum absolute atomic E-state index is 11.1. The fourth-order valence-corrected chi connectivity index (χ4v) is 2.33. The van der Waals surface area contributed by atoms with E-state index >= 15 is 0 Å². The van der Waals surface area contributed by atoms with Crippen molar-refractivity contribution in [1.29, 1.82) is 0 Å². The van der Waals surface area contributed by atoms with E-state index in [0.717, 1.165) is 22.6 Å². The Morgan fingerprint density at radius 1 is 1.27 bits per heavy atom. The number of fused-ring (bicyclic) bond motifs is 1. The molecule has 2 aromatic carbocycles. The van der Waals surface area contributed by atoms with E-state index in [4.69, 9.17) is 20.3 Å². The van der Waals surface area contributed by atoms with Crippen LogP contribution in [0, 0.1) is 0 Å². The molecule has 0 spiro atoms. The minimum Gasteiger partial charge on any atom is -0.493 e. The van der Waals surface area contributed by atoms with Crippen LogP contribution >= 0.6 is 0 Å². The Balaban J connectivity index is 1.86. The smallest absolute Gasteiger partial charge is 0.411 e. The number of ether oxygens (including phenoxy) is 2. The van der Waals surface area contributed by atoms with E-state index in [-0.39, 0.29) is 0 Å². The fraction of sp³-hybridized carbons (Fsp3) is 0.188. The van der Waals surface area contributed by atoms with Gasteiger partial charge in [0.25, 0.3) is 0 Å². The standard InChI is InChI=1S/C16H16N2O4/c1-18(16(19)20)14-8-11(4-5-13(14)17)22-12-3-2-10-6-7-21-15(10)9-12/h2-5,8-9H,6-7,17H2,1H3,(H,19,20). The number of carbonyl (C=O) groups is 1. The Morgan fingerprint density at radius 2 is 2.00 bits per heavy atom. The van der Waals surface area contributed by atoms with Crippen LogP contribution in [0.15, 0.2) is 36.4 Å². The monoisotopic (exact) mass is 300 g/mol. The zero-order valence-electron chi connectivity index (χ0n) is 12.1. The van der Waals surface area contributed by atoms with Crippen molar-refractivity contribution in [3.63, 3.8) is 0 Å². The molecule has 6 heteroatoms. The van der Waals surface area contributed by atoms with Gasteiger partial charge in [-0.3, -0.25) is 4.90 Å². The van der Waals surface area contributed by atoms with Crippen molar-refractivity contribution in [3.8, 4) is 17.2 Å². The van der Waals surface area contributed by atoms with E-state index < -0.39 is 6.09 Å². The Labute approximate surface area is 127 Å². The second-order valence-electron chi connectivity index (χ2n) is 5.03. The van der Waals surface area contributed by atoms with Gasteiger partial charge >= 0.3 is 6.09 Å². The van der Waals surface area contributed by atoms with E-state index in [9.17, 15) is 4.79 Å². The topological polar surface area (TPSA) is 85.0 Å². The summed E-state index contributed by atoms with van der Waals surface area (Å²) in [5.74, 6) is 1.97. The predicted octanol–water partition coefficient (Wildman–Crippen LogP) is 3.11. The second-order valence-corrected chi connectivity index (χ2v) is 5.03. The first kappa shape index (κ1) is 14.1. The van der Waals surface area contributed by atoms with Crippen LogP contribution in [0.5, 0.6) is 17.2 Å². The molecule has 0 aromatic heterocycles. The van der Waals surface area contributed by atoms with Gasteiger partial charge in [-0.1, -0.05) is 6.07 Å². The third-order valence-electron chi connectivity index (χ3n) is 3.55. The molecule has 0 saturated heterocycles. The molecule has 0 fully saturated rings. The molecule has 1 aliphatic heterocycles. The molecule has 0 aliphatic carbocycles. The Kier molecular flexibility index (Phi) is 3.50. The maximum atomic E-state index is 11.1. The van der Waals surface area contributed by atoms with Gasteiger partial charge in [0, 0.05) is 25.6 Å². The van der Waals surface area contributed by atoms with Gasteiger partial charge in [-0.05, 0) is 23.8 Å². The number of hydrogen-bond acceptors (Lipinski definition) is 4. The Bertz CT molecular complexity index is 730. The number of amides is 1. The fourth-order valence-electron chi connectivity index (χ4n) is 2.33. The highest BCUT2D eigenvalue weighted by Gasteiger charge is 2.15. The number of nitrogen functional groups attached to an aromatic ring is 1. The van der Waals surface area contributed by atoms with Crippen LogP contribution in [0.25, 0.3) is 0 Å². The van der Waals surface area contributed by atoms with Crippen molar-refractivity contribution < 1.29 is 19.4 Å². The van der Waals surface area contributed by atoms with Crippen molar-refractivity contribution in [2.45, 2.75) is 6.42 Å². The van der Waals surface area contributed by atoms with Crippen LogP contribution in [0.1, 0.15) is 5.56 Å². The third-order valence-corrected chi connectivity index (χ3v) is 3.55. The largest absolute Gasteiger partial charge is 0.493 e. The lowest BCUT2D eigenvalue weighted by Crippen LogP contribution is -2.24. The minimum atomic E-state index is -1.09. The lowest BCUT2D eigenvalue weighted by Gasteiger charge is -2.17. The number of benzene rings is 2. The van der Waals surface area contributed by atoms with Crippen LogP contribution < -0.4 is 20.1 Å². The molecule has 2 aromatic rings. The van der Waals surface area contributed by atoms with Crippen molar-refractivity contribution in [2.75, 3.05) is 24.3 Å². The van der Waals surface area contributed by atoms with Crippen molar-refractivity contribution in [1.82, 2.24) is 0 Å². The normalized spacial score (nSPS) is 12.4. The summed E-state index contributed by atoms with van der Waals surface area (Å²) in [6.45, 7) is 0.689. The molecule has 0 atom stereocenters. The van der Waals surface area contributed by atoms with Gasteiger partial charge in [-0.2, -0.15) is 0 Å². The Hall–Kier alpha value is -2.89. The molecule has 1 amide bonds. The van der Waals surface area contributed by atoms with Crippen molar-refractivity contribution in [2.24, 2.45) is 0 Å². The van der Waals surface area contributed by atoms with Crippen molar-refractivity contribution in [3.05, 3.63) is 42.0 Å². The number of rotatable bonds is 3. The number of nitrogens with zero attached hydrogens (tertiary/aromatic N) is 1. The van der Waals surface area contributed by atoms with Gasteiger partial charge < -0.3 is 20.3 Å². The zero-order valence-corrected chi connectivity index (χ0v) is 12.1. The van der Waals surface area contributed by atoms with E-state index in [0.29, 0.717) is 29.5 Å². The zero-order chi connectivity index (χ0) is 15.7. The summed E-state index contributed by atoms with van der Waals surface area (Å²) < 4.78 is 11.3. The molecule has 1 aliphatic rings. The first-order chi connectivity index (χ1) is 10.5. The van der Waals surface area contributed by atoms with Gasteiger partial charge in [0.15, 0.2) is 0 Å². The summed E-state index contributed by atoms with van der Waals surface area (Å²) in [5.41, 5.74) is 7.72. The van der Waals surface area contributed by atoms with Crippen LogP contribution in [0.4, 0.5) is 16.2 Å². The summed E-state index contributed by atoms with van der Waals surface area (Å²) in [7, 11) is 1.43. The van der Waals surface area contributed by atoms with Gasteiger partial charge in [-0.15, -0.1) is 0 Å². The molecule has 22 heavy (non-hydrogen) atoms. The summed E-state index contributed by atoms with van der Waals surface area (Å²) in [5, 5.41) is 9.06. The molecule has 0 saturated carbocycles. The number of anilines is 2. The van der Waals surface area contributed by atoms with Gasteiger partial charge in [0.2, 0.25) is 0 Å². The van der Waals surface area contributed by atoms with E-state index in [1.54, 1.807) is 18.2 Å². The molecule has 3 N–H and O–H groups in total. The first-order valence-electron chi connectivity index (χ1n) is 6.84. The highest BCUT2D eigenvalue weighted by atomic mass is 16.5. The maximum Gasteiger partial charge on any atom is 0.411 e. The second kappa shape index (κ2) is 5.48. The summed E-state index contributed by atoms with van der Waals surface area (Å²) in [6, 6.07) is 10.6. The lowest BCUT2D eigenvalue weighted by molar-refractivity contribution is 0.203. The molecule has 0 bridgehead atoms. The lowest BCUT2D eigenvalue weighted by atomic mass is 10.1. The van der Waals surface area contributed by atoms with E-state index in [1.165, 1.54) is 7.05 Å². The van der Waals surface area contributed by atoms with Gasteiger partial charge in [0.05, 0.1) is 18.0 Å². The molecule has 114 valence electrons.